The van der Waals surface area contributed by atoms with E-state index in [9.17, 15) is 16.8 Å². The third-order valence-electron chi connectivity index (χ3n) is 6.07. The Kier molecular flexibility index (Phi) is 7.94. The fourth-order valence-electron chi connectivity index (χ4n) is 4.15. The molecule has 0 heterocycles. The Hall–Kier alpha value is -3.30. The van der Waals surface area contributed by atoms with Crippen molar-refractivity contribution in [3.8, 4) is 0 Å². The van der Waals surface area contributed by atoms with Crippen molar-refractivity contribution in [2.75, 3.05) is 0 Å². The largest absolute Gasteiger partial charge is 0.297 e. The molecule has 0 saturated carbocycles. The molecule has 37 heavy (non-hydrogen) atoms. The van der Waals surface area contributed by atoms with Crippen molar-refractivity contribution in [2.45, 2.75) is 35.8 Å². The summed E-state index contributed by atoms with van der Waals surface area (Å²) >= 11 is 0. The summed E-state index contributed by atoms with van der Waals surface area (Å²) in [6.45, 7) is 3.48. The summed E-state index contributed by atoms with van der Waals surface area (Å²) < 4.78 is 65.2. The summed E-state index contributed by atoms with van der Waals surface area (Å²) in [6.07, 6.45) is -2.18. The lowest BCUT2D eigenvalue weighted by Gasteiger charge is -2.40. The van der Waals surface area contributed by atoms with Crippen LogP contribution in [-0.2, 0) is 28.6 Å². The molecule has 0 N–H and O–H groups in total. The van der Waals surface area contributed by atoms with Gasteiger partial charge < -0.3 is 0 Å². The molecule has 0 saturated heterocycles. The molecule has 0 aliphatic rings. The minimum atomic E-state index is -4.21. The number of hydrogen-bond donors (Lipinski definition) is 0. The van der Waals surface area contributed by atoms with Crippen molar-refractivity contribution in [1.82, 2.24) is 0 Å². The Morgan fingerprint density at radius 1 is 0.486 bits per heavy atom. The van der Waals surface area contributed by atoms with Gasteiger partial charge in [-0.2, -0.15) is 16.8 Å². The van der Waals surface area contributed by atoms with Gasteiger partial charge in [0.15, 0.2) is 0 Å². The summed E-state index contributed by atoms with van der Waals surface area (Å²) in [5.74, 6) is 0. The maximum Gasteiger partial charge on any atom is 0.297 e. The van der Waals surface area contributed by atoms with Crippen molar-refractivity contribution < 1.29 is 25.2 Å². The minimum Gasteiger partial charge on any atom is -0.257 e. The first kappa shape index (κ1) is 26.8. The quantitative estimate of drug-likeness (QED) is 0.221. The highest BCUT2D eigenvalue weighted by atomic mass is 32.2. The average Bonchev–Trinajstić information content (AvgIpc) is 2.92. The fourth-order valence-corrected chi connectivity index (χ4v) is 6.58. The molecule has 2 atom stereocenters. The highest BCUT2D eigenvalue weighted by Crippen LogP contribution is 2.50. The van der Waals surface area contributed by atoms with Crippen LogP contribution >= 0.6 is 0 Å². The van der Waals surface area contributed by atoms with Gasteiger partial charge in [-0.1, -0.05) is 111 Å². The molecule has 0 bridgehead atoms. The van der Waals surface area contributed by atoms with E-state index in [1.807, 2.05) is 12.1 Å². The van der Waals surface area contributed by atoms with E-state index in [4.69, 9.17) is 8.37 Å². The maximum absolute atomic E-state index is 13.3. The van der Waals surface area contributed by atoms with Crippen LogP contribution < -0.4 is 0 Å². The van der Waals surface area contributed by atoms with Crippen LogP contribution in [0.1, 0.15) is 37.2 Å². The third-order valence-corrected chi connectivity index (χ3v) is 8.66. The van der Waals surface area contributed by atoms with Gasteiger partial charge in [-0.3, -0.25) is 8.37 Å². The van der Waals surface area contributed by atoms with Crippen LogP contribution in [0.15, 0.2) is 131 Å². The van der Waals surface area contributed by atoms with Crippen LogP contribution in [0.3, 0.4) is 0 Å². The van der Waals surface area contributed by atoms with Crippen molar-refractivity contribution >= 4 is 20.2 Å². The number of hydrogen-bond acceptors (Lipinski definition) is 6. The third kappa shape index (κ3) is 6.17. The van der Waals surface area contributed by atoms with Crippen LogP contribution in [0.5, 0.6) is 0 Å². The first-order chi connectivity index (χ1) is 17.6. The lowest BCUT2D eigenvalue weighted by atomic mass is 9.75. The Bertz CT molecular complexity index is 1390. The molecular formula is C29H28O6S2. The first-order valence-corrected chi connectivity index (χ1v) is 14.5. The summed E-state index contributed by atoms with van der Waals surface area (Å²) in [5, 5.41) is 0. The van der Waals surface area contributed by atoms with Gasteiger partial charge in [0.25, 0.3) is 20.2 Å². The molecule has 0 aromatic heterocycles. The van der Waals surface area contributed by atoms with Crippen molar-refractivity contribution in [3.05, 3.63) is 132 Å². The Morgan fingerprint density at radius 2 is 0.757 bits per heavy atom. The molecule has 0 aliphatic heterocycles. The van der Waals surface area contributed by atoms with E-state index in [2.05, 4.69) is 0 Å². The molecular weight excluding hydrogens is 508 g/mol. The zero-order chi connectivity index (χ0) is 26.5. The minimum absolute atomic E-state index is 0.000757. The standard InChI is InChI=1S/C29H28O6S2/c1-29(2,27(23-15-7-3-8-16-23)34-36(30,31)25-19-11-5-12-20-25)28(24-17-9-4-10-18-24)35-37(32,33)26-21-13-6-14-22-26/h3-22,27-28H,1-2H3. The van der Waals surface area contributed by atoms with Gasteiger partial charge in [0.2, 0.25) is 0 Å². The molecule has 6 nitrogen and oxygen atoms in total. The lowest BCUT2D eigenvalue weighted by Crippen LogP contribution is -2.35. The predicted octanol–water partition coefficient (Wildman–Crippen LogP) is 6.31. The van der Waals surface area contributed by atoms with Crippen LogP contribution in [-0.4, -0.2) is 16.8 Å². The second-order valence-electron chi connectivity index (χ2n) is 9.13. The normalized spacial score (nSPS) is 14.1. The monoisotopic (exact) mass is 536 g/mol. The van der Waals surface area contributed by atoms with Crippen LogP contribution in [0, 0.1) is 5.41 Å². The van der Waals surface area contributed by atoms with Gasteiger partial charge in [-0.05, 0) is 35.4 Å². The number of rotatable bonds is 10. The summed E-state index contributed by atoms with van der Waals surface area (Å²) in [5.41, 5.74) is -0.0610. The molecule has 0 radical (unpaired) electrons. The zero-order valence-electron chi connectivity index (χ0n) is 20.5. The van der Waals surface area contributed by atoms with Crippen LogP contribution in [0.4, 0.5) is 0 Å². The maximum atomic E-state index is 13.3. The van der Waals surface area contributed by atoms with Gasteiger partial charge in [0.1, 0.15) is 12.2 Å². The predicted molar refractivity (Wildman–Crippen MR) is 142 cm³/mol. The molecule has 4 aromatic carbocycles. The van der Waals surface area contributed by atoms with Crippen molar-refractivity contribution in [3.63, 3.8) is 0 Å². The summed E-state index contributed by atoms with van der Waals surface area (Å²) in [7, 11) is -8.41. The molecule has 192 valence electrons. The van der Waals surface area contributed by atoms with Gasteiger partial charge in [-0.25, -0.2) is 0 Å². The SMILES string of the molecule is CC(C)(C(OS(=O)(=O)c1ccccc1)c1ccccc1)C(OS(=O)(=O)c1ccccc1)c1ccccc1. The Balaban J connectivity index is 1.83. The fraction of sp³-hybridized carbons (Fsp3) is 0.172. The topological polar surface area (TPSA) is 86.7 Å². The van der Waals surface area contributed by atoms with E-state index in [0.717, 1.165) is 0 Å². The van der Waals surface area contributed by atoms with Gasteiger partial charge in [0, 0.05) is 5.41 Å². The van der Waals surface area contributed by atoms with Crippen molar-refractivity contribution in [1.29, 1.82) is 0 Å². The molecule has 0 amide bonds. The molecule has 0 spiro atoms. The van der Waals surface area contributed by atoms with E-state index < -0.39 is 37.9 Å². The highest BCUT2D eigenvalue weighted by molar-refractivity contribution is 7.87. The van der Waals surface area contributed by atoms with E-state index in [1.54, 1.807) is 98.8 Å². The summed E-state index contributed by atoms with van der Waals surface area (Å²) in [6, 6.07) is 33.4. The molecule has 0 fully saturated rings. The second-order valence-corrected chi connectivity index (χ2v) is 12.3. The van der Waals surface area contributed by atoms with Crippen molar-refractivity contribution in [2.24, 2.45) is 5.41 Å². The van der Waals surface area contributed by atoms with E-state index in [1.165, 1.54) is 24.3 Å². The van der Waals surface area contributed by atoms with E-state index >= 15 is 0 Å². The van der Waals surface area contributed by atoms with E-state index in [0.29, 0.717) is 11.1 Å². The highest BCUT2D eigenvalue weighted by Gasteiger charge is 2.45. The molecule has 0 aliphatic carbocycles. The van der Waals surface area contributed by atoms with Gasteiger partial charge in [0.05, 0.1) is 9.79 Å². The molecule has 2 unspecified atom stereocenters. The average molecular weight is 537 g/mol. The smallest absolute Gasteiger partial charge is 0.257 e. The van der Waals surface area contributed by atoms with E-state index in [-0.39, 0.29) is 9.79 Å². The summed E-state index contributed by atoms with van der Waals surface area (Å²) in [4.78, 5) is 0.00151. The van der Waals surface area contributed by atoms with Crippen LogP contribution in [0.25, 0.3) is 0 Å². The molecule has 8 heteroatoms. The van der Waals surface area contributed by atoms with Crippen LogP contribution in [0.2, 0.25) is 0 Å². The van der Waals surface area contributed by atoms with Gasteiger partial charge in [-0.15, -0.1) is 0 Å². The van der Waals surface area contributed by atoms with Gasteiger partial charge >= 0.3 is 0 Å². The lowest BCUT2D eigenvalue weighted by molar-refractivity contribution is -0.0189. The Morgan fingerprint density at radius 3 is 1.05 bits per heavy atom. The first-order valence-electron chi connectivity index (χ1n) is 11.7. The Labute approximate surface area is 218 Å². The zero-order valence-corrected chi connectivity index (χ0v) is 22.1. The molecule has 4 rings (SSSR count). The molecule has 4 aromatic rings. The number of benzene rings is 4. The second kappa shape index (κ2) is 11.0.